The molecule has 0 N–H and O–H groups in total. The number of hydrogen-bond acceptors (Lipinski definition) is 14. The van der Waals surface area contributed by atoms with Gasteiger partial charge in [0.25, 0.3) is 0 Å². The summed E-state index contributed by atoms with van der Waals surface area (Å²) in [6.45, 7) is 8.36. The molecule has 0 aliphatic carbocycles. The molecule has 0 saturated carbocycles. The highest BCUT2D eigenvalue weighted by atomic mass is 35.5. The number of rotatable bonds is 9. The SMILES string of the molecule is CC1(C)OB(c2ccc3sc4ccccc4c3c2)OC1(C)C.Clc1nc(-c2ccccc2)nc(-c2ccc3c4ccccc4c4ccccc4c3c2)n1.c1ccc(-c2nc(-c3ccc4sc5ccccc5c4c3)nc(-c3ccc4c5ccccc5c5ccccc5c4c3)n2)cc1.c1ccc(-c2nc(-c3ccc4sc5ccccc5c4c3)nc(-c3ccc4c5ccccc5c5ccccc5c4c3)n2)cc1. The zero-order valence-corrected chi connectivity index (χ0v) is 79.1. The van der Waals surface area contributed by atoms with E-state index in [2.05, 4.69) is 390 Å². The molecule has 6 aromatic heterocycles. The third-order valence-electron chi connectivity index (χ3n) is 27.2. The van der Waals surface area contributed by atoms with Crippen molar-refractivity contribution in [2.45, 2.75) is 38.9 Å². The van der Waals surface area contributed by atoms with Crippen molar-refractivity contribution in [2.24, 2.45) is 0 Å². The number of nitrogens with zero attached hydrogens (tertiary/aromatic N) is 9. The van der Waals surface area contributed by atoms with E-state index >= 15 is 0 Å². The smallest absolute Gasteiger partial charge is 0.399 e. The molecular formula is C123H81BClN9O2S3. The van der Waals surface area contributed by atoms with Gasteiger partial charge >= 0.3 is 7.12 Å². The largest absolute Gasteiger partial charge is 0.494 e. The number of benzene rings is 21. The van der Waals surface area contributed by atoms with Gasteiger partial charge in [0, 0.05) is 99.6 Å². The summed E-state index contributed by atoms with van der Waals surface area (Å²) in [5, 5.41) is 29.9. The molecule has 1 aliphatic rings. The van der Waals surface area contributed by atoms with E-state index in [-0.39, 0.29) is 23.6 Å². The lowest BCUT2D eigenvalue weighted by molar-refractivity contribution is 0.00578. The van der Waals surface area contributed by atoms with Gasteiger partial charge in [-0.05, 0) is 226 Å². The highest BCUT2D eigenvalue weighted by Crippen LogP contribution is 2.46. The lowest BCUT2D eigenvalue weighted by Crippen LogP contribution is -2.41. The first-order chi connectivity index (χ1) is 68.2. The quantitative estimate of drug-likeness (QED) is 0.101. The van der Waals surface area contributed by atoms with Crippen LogP contribution in [0.2, 0.25) is 5.28 Å². The summed E-state index contributed by atoms with van der Waals surface area (Å²) in [6, 6.07) is 147. The van der Waals surface area contributed by atoms with Gasteiger partial charge in [-0.15, -0.1) is 34.0 Å². The van der Waals surface area contributed by atoms with Crippen LogP contribution in [0, 0.1) is 0 Å². The normalized spacial score (nSPS) is 13.0. The number of halogens is 1. The van der Waals surface area contributed by atoms with Gasteiger partial charge in [-0.1, -0.05) is 340 Å². The highest BCUT2D eigenvalue weighted by molar-refractivity contribution is 7.26. The Morgan fingerprint density at radius 2 is 0.374 bits per heavy atom. The van der Waals surface area contributed by atoms with Crippen LogP contribution in [0.3, 0.4) is 0 Å². The molecule has 1 fully saturated rings. The Kier molecular flexibility index (Phi) is 21.3. The average Bonchev–Trinajstić information content (AvgIpc) is 1.49. The number of fused-ring (bicyclic) bond motifs is 27. The maximum absolute atomic E-state index is 6.28. The Morgan fingerprint density at radius 1 is 0.180 bits per heavy atom. The van der Waals surface area contributed by atoms with E-state index in [0.717, 1.165) is 50.0 Å². The lowest BCUT2D eigenvalue weighted by atomic mass is 9.78. The summed E-state index contributed by atoms with van der Waals surface area (Å²) in [6.07, 6.45) is 0. The van der Waals surface area contributed by atoms with E-state index in [9.17, 15) is 0 Å². The van der Waals surface area contributed by atoms with Crippen LogP contribution in [0.5, 0.6) is 0 Å². The van der Waals surface area contributed by atoms with E-state index in [1.807, 2.05) is 101 Å². The predicted molar refractivity (Wildman–Crippen MR) is 586 cm³/mol. The van der Waals surface area contributed by atoms with Gasteiger partial charge in [0.15, 0.2) is 46.6 Å². The fraction of sp³-hybridized carbons (Fsp3) is 0.0488. The summed E-state index contributed by atoms with van der Waals surface area (Å²) >= 11 is 11.7. The van der Waals surface area contributed by atoms with E-state index < -0.39 is 0 Å². The van der Waals surface area contributed by atoms with Crippen LogP contribution in [0.1, 0.15) is 27.7 Å². The van der Waals surface area contributed by atoms with Crippen molar-refractivity contribution in [3.05, 3.63) is 424 Å². The van der Waals surface area contributed by atoms with Crippen molar-refractivity contribution in [3.8, 4) is 91.1 Å². The van der Waals surface area contributed by atoms with Gasteiger partial charge in [0.2, 0.25) is 5.28 Å². The maximum Gasteiger partial charge on any atom is 0.494 e. The molecule has 1 saturated heterocycles. The van der Waals surface area contributed by atoms with Crippen molar-refractivity contribution in [3.63, 3.8) is 0 Å². The zero-order chi connectivity index (χ0) is 93.0. The second-order valence-electron chi connectivity index (χ2n) is 36.1. The molecule has 28 rings (SSSR count). The fourth-order valence-corrected chi connectivity index (χ4v) is 23.1. The number of hydrogen-bond donors (Lipinski definition) is 0. The van der Waals surface area contributed by atoms with Crippen molar-refractivity contribution in [1.29, 1.82) is 0 Å². The Balaban J connectivity index is 0.000000101. The molecule has 1 aliphatic heterocycles. The third-order valence-corrected chi connectivity index (χ3v) is 30.8. The summed E-state index contributed by atoms with van der Waals surface area (Å²) in [5.41, 5.74) is 8.13. The third kappa shape index (κ3) is 15.5. The van der Waals surface area contributed by atoms with Gasteiger partial charge in [-0.25, -0.2) is 34.9 Å². The Labute approximate surface area is 817 Å². The molecule has 0 radical (unpaired) electrons. The van der Waals surface area contributed by atoms with Crippen molar-refractivity contribution >= 4 is 216 Å². The number of aromatic nitrogens is 9. The molecule has 0 bridgehead atoms. The predicted octanol–water partition coefficient (Wildman–Crippen LogP) is 33.1. The van der Waals surface area contributed by atoms with E-state index in [1.165, 1.54) is 157 Å². The van der Waals surface area contributed by atoms with Gasteiger partial charge in [0.05, 0.1) is 11.2 Å². The highest BCUT2D eigenvalue weighted by Gasteiger charge is 2.52. The minimum absolute atomic E-state index is 0.187. The molecule has 139 heavy (non-hydrogen) atoms. The molecule has 21 aromatic carbocycles. The topological polar surface area (TPSA) is 134 Å². The van der Waals surface area contributed by atoms with Crippen LogP contribution in [0.25, 0.3) is 249 Å². The van der Waals surface area contributed by atoms with Gasteiger partial charge in [-0.2, -0.15) is 9.97 Å². The molecule has 658 valence electrons. The summed E-state index contributed by atoms with van der Waals surface area (Å²) < 4.78 is 20.1. The Morgan fingerprint density at radius 3 is 0.662 bits per heavy atom. The molecule has 16 heteroatoms. The molecule has 0 atom stereocenters. The van der Waals surface area contributed by atoms with Gasteiger partial charge in [0.1, 0.15) is 0 Å². The molecule has 7 heterocycles. The first kappa shape index (κ1) is 84.7. The van der Waals surface area contributed by atoms with Crippen LogP contribution >= 0.6 is 45.6 Å². The Bertz CT molecular complexity index is 9140. The standard InChI is InChI=1S/2C39H23N3S.C27H16ClN3.C18H19BO2S/c2*1-2-10-24(11-3-1)37-40-38(42-39(41-37)26-19-21-36-34(23-26)32-16-8-9-17-35(32)43-36)25-18-20-31-29-14-5-4-12-27(29)28-13-6-7-15-30(28)33(31)22-25;28-27-30-25(17-8-2-1-3-9-17)29-26(31-27)18-14-15-23-21-12-5-4-10-19(21)20-11-6-7-13-22(20)24(23)16-18;1-17(2)18(3,4)21-19(20-17)12-9-10-16-14(11-12)13-7-5-6-8-15(13)22-16/h2*1-23H;1-16H;5-11H,1-4H3. The molecular weight excluding hydrogens is 1780 g/mol. The van der Waals surface area contributed by atoms with E-state index in [4.69, 9.17) is 55.8 Å². The minimum Gasteiger partial charge on any atom is -0.399 e. The first-order valence-electron chi connectivity index (χ1n) is 46.5. The van der Waals surface area contributed by atoms with Crippen LogP contribution < -0.4 is 5.46 Å². The van der Waals surface area contributed by atoms with Crippen LogP contribution in [0.15, 0.2) is 419 Å². The van der Waals surface area contributed by atoms with Gasteiger partial charge < -0.3 is 9.31 Å². The van der Waals surface area contributed by atoms with Crippen LogP contribution in [-0.4, -0.2) is 63.2 Å². The maximum atomic E-state index is 6.28. The van der Waals surface area contributed by atoms with Crippen molar-refractivity contribution in [1.82, 2.24) is 44.9 Å². The summed E-state index contributed by atoms with van der Waals surface area (Å²) in [5.74, 6) is 5.14. The van der Waals surface area contributed by atoms with Crippen LogP contribution in [0.4, 0.5) is 0 Å². The summed E-state index contributed by atoms with van der Waals surface area (Å²) in [7, 11) is -0.298. The minimum atomic E-state index is -0.302. The molecule has 27 aromatic rings. The summed E-state index contributed by atoms with van der Waals surface area (Å²) in [4.78, 5) is 43.7. The molecule has 0 unspecified atom stereocenters. The second kappa shape index (κ2) is 34.9. The second-order valence-corrected chi connectivity index (χ2v) is 39.7. The van der Waals surface area contributed by atoms with Crippen molar-refractivity contribution in [2.75, 3.05) is 0 Å². The number of thiophene rings is 3. The molecule has 0 spiro atoms. The average molecular weight is 1860 g/mol. The van der Waals surface area contributed by atoms with Crippen LogP contribution in [-0.2, 0) is 9.31 Å². The van der Waals surface area contributed by atoms with E-state index in [0.29, 0.717) is 46.6 Å². The molecule has 11 nitrogen and oxygen atoms in total. The Hall–Kier alpha value is -16.1. The first-order valence-corrected chi connectivity index (χ1v) is 49.3. The van der Waals surface area contributed by atoms with E-state index in [1.54, 1.807) is 0 Å². The fourth-order valence-electron chi connectivity index (χ4n) is 19.6. The van der Waals surface area contributed by atoms with Gasteiger partial charge in [-0.3, -0.25) is 0 Å². The lowest BCUT2D eigenvalue weighted by Gasteiger charge is -2.32. The monoisotopic (exact) mass is 1860 g/mol. The molecule has 0 amide bonds. The zero-order valence-electron chi connectivity index (χ0n) is 75.9. The van der Waals surface area contributed by atoms with Crippen molar-refractivity contribution < 1.29 is 9.31 Å².